The third kappa shape index (κ3) is 2.25. The molecule has 0 atom stereocenters. The van der Waals surface area contributed by atoms with Gasteiger partial charge in [0, 0.05) is 5.54 Å². The predicted octanol–water partition coefficient (Wildman–Crippen LogP) is 2.92. The van der Waals surface area contributed by atoms with E-state index in [0.29, 0.717) is 5.56 Å². The molecule has 2 N–H and O–H groups in total. The van der Waals surface area contributed by atoms with Crippen molar-refractivity contribution in [1.29, 1.82) is 0 Å². The van der Waals surface area contributed by atoms with Gasteiger partial charge in [0.05, 0.1) is 4.47 Å². The van der Waals surface area contributed by atoms with Gasteiger partial charge in [0.2, 0.25) is 0 Å². The monoisotopic (exact) mass is 249 g/mol. The highest BCUT2D eigenvalue weighted by Gasteiger charge is 2.18. The van der Waals surface area contributed by atoms with Crippen molar-refractivity contribution in [2.24, 2.45) is 5.73 Å². The van der Waals surface area contributed by atoms with Gasteiger partial charge in [0.1, 0.15) is 0 Å². The second kappa shape index (κ2) is 3.35. The van der Waals surface area contributed by atoms with Crippen molar-refractivity contribution in [3.05, 3.63) is 33.8 Å². The minimum absolute atomic E-state index is 0.0982. The summed E-state index contributed by atoms with van der Waals surface area (Å²) in [6, 6.07) is 2.60. The summed E-state index contributed by atoms with van der Waals surface area (Å²) in [4.78, 5) is 0. The predicted molar refractivity (Wildman–Crippen MR) is 51.3 cm³/mol. The van der Waals surface area contributed by atoms with Crippen molar-refractivity contribution < 1.29 is 8.78 Å². The van der Waals surface area contributed by atoms with Crippen molar-refractivity contribution in [1.82, 2.24) is 0 Å². The van der Waals surface area contributed by atoms with Crippen molar-refractivity contribution in [3.63, 3.8) is 0 Å². The topological polar surface area (TPSA) is 26.0 Å². The molecule has 0 radical (unpaired) electrons. The summed E-state index contributed by atoms with van der Waals surface area (Å²) in [5, 5.41) is 0. The van der Waals surface area contributed by atoms with Gasteiger partial charge in [0.25, 0.3) is 0 Å². The number of benzene rings is 1. The van der Waals surface area contributed by atoms with Gasteiger partial charge in [-0.1, -0.05) is 0 Å². The van der Waals surface area contributed by atoms with Gasteiger partial charge < -0.3 is 5.73 Å². The van der Waals surface area contributed by atoms with Crippen LogP contribution in [0.25, 0.3) is 0 Å². The van der Waals surface area contributed by atoms with Crippen LogP contribution in [-0.2, 0) is 5.54 Å². The molecule has 4 heteroatoms. The number of halogens is 3. The first-order valence-corrected chi connectivity index (χ1v) is 4.55. The van der Waals surface area contributed by atoms with Gasteiger partial charge in [-0.2, -0.15) is 0 Å². The number of hydrogen-bond donors (Lipinski definition) is 1. The molecular weight excluding hydrogens is 240 g/mol. The summed E-state index contributed by atoms with van der Waals surface area (Å²) >= 11 is 2.92. The lowest BCUT2D eigenvalue weighted by atomic mass is 9.96. The van der Waals surface area contributed by atoms with E-state index in [4.69, 9.17) is 5.73 Å². The van der Waals surface area contributed by atoms with Gasteiger partial charge in [0.15, 0.2) is 11.6 Å². The number of hydrogen-bond acceptors (Lipinski definition) is 1. The van der Waals surface area contributed by atoms with Crippen LogP contribution in [0.5, 0.6) is 0 Å². The third-order valence-corrected chi connectivity index (χ3v) is 2.30. The van der Waals surface area contributed by atoms with Crippen molar-refractivity contribution in [2.75, 3.05) is 0 Å². The summed E-state index contributed by atoms with van der Waals surface area (Å²) in [5.41, 5.74) is 5.62. The van der Waals surface area contributed by atoms with Crippen molar-refractivity contribution in [2.45, 2.75) is 19.4 Å². The maximum atomic E-state index is 12.9. The van der Waals surface area contributed by atoms with Crippen LogP contribution in [0.1, 0.15) is 19.4 Å². The molecule has 0 amide bonds. The maximum absolute atomic E-state index is 12.9. The largest absolute Gasteiger partial charge is 0.322 e. The minimum atomic E-state index is -0.886. The Morgan fingerprint density at radius 1 is 1.31 bits per heavy atom. The van der Waals surface area contributed by atoms with Gasteiger partial charge in [-0.25, -0.2) is 8.78 Å². The van der Waals surface area contributed by atoms with Crippen LogP contribution in [0.3, 0.4) is 0 Å². The molecule has 0 aliphatic rings. The Hall–Kier alpha value is -0.480. The Morgan fingerprint density at radius 3 is 2.23 bits per heavy atom. The van der Waals surface area contributed by atoms with E-state index in [2.05, 4.69) is 15.9 Å². The highest BCUT2D eigenvalue weighted by Crippen LogP contribution is 2.25. The van der Waals surface area contributed by atoms with Crippen LogP contribution in [0, 0.1) is 11.6 Å². The van der Waals surface area contributed by atoms with Crippen LogP contribution in [0.2, 0.25) is 0 Å². The quantitative estimate of drug-likeness (QED) is 0.762. The summed E-state index contributed by atoms with van der Waals surface area (Å²) in [7, 11) is 0. The molecule has 1 aromatic carbocycles. The molecule has 0 aromatic heterocycles. The zero-order valence-electron chi connectivity index (χ0n) is 7.37. The molecule has 0 bridgehead atoms. The first-order chi connectivity index (χ1) is 5.82. The summed E-state index contributed by atoms with van der Waals surface area (Å²) in [6.07, 6.45) is 0. The Labute approximate surface area is 84.1 Å². The molecule has 0 saturated carbocycles. The average molecular weight is 250 g/mol. The molecule has 1 nitrogen and oxygen atoms in total. The summed E-state index contributed by atoms with van der Waals surface area (Å²) < 4.78 is 25.8. The molecule has 0 fully saturated rings. The van der Waals surface area contributed by atoms with Crippen LogP contribution < -0.4 is 5.73 Å². The average Bonchev–Trinajstić information content (AvgIpc) is 1.97. The Kier molecular flexibility index (Phi) is 2.73. The second-order valence-corrected chi connectivity index (χ2v) is 4.33. The zero-order chi connectivity index (χ0) is 10.2. The molecule has 13 heavy (non-hydrogen) atoms. The standard InChI is InChI=1S/C9H10BrF2N/c1-9(2,13)5-3-6(10)8(12)7(11)4-5/h3-4H,13H2,1-2H3. The van der Waals surface area contributed by atoms with E-state index in [1.165, 1.54) is 6.07 Å². The van der Waals surface area contributed by atoms with E-state index in [9.17, 15) is 8.78 Å². The molecule has 1 aromatic rings. The number of nitrogens with two attached hydrogens (primary N) is 1. The molecule has 0 aliphatic heterocycles. The number of rotatable bonds is 1. The van der Waals surface area contributed by atoms with E-state index in [0.717, 1.165) is 6.07 Å². The molecule has 0 heterocycles. The molecule has 0 saturated heterocycles. The molecule has 1 rings (SSSR count). The van der Waals surface area contributed by atoms with Crippen LogP contribution in [-0.4, -0.2) is 0 Å². The third-order valence-electron chi connectivity index (χ3n) is 1.73. The van der Waals surface area contributed by atoms with Gasteiger partial charge >= 0.3 is 0 Å². The first kappa shape index (κ1) is 10.6. The summed E-state index contributed by atoms with van der Waals surface area (Å²) in [5.74, 6) is -1.77. The SMILES string of the molecule is CC(C)(N)c1cc(F)c(F)c(Br)c1. The molecule has 0 unspecified atom stereocenters. The van der Waals surface area contributed by atoms with E-state index in [1.807, 2.05) is 0 Å². The van der Waals surface area contributed by atoms with Crippen molar-refractivity contribution in [3.8, 4) is 0 Å². The lowest BCUT2D eigenvalue weighted by Gasteiger charge is -2.19. The van der Waals surface area contributed by atoms with E-state index >= 15 is 0 Å². The lowest BCUT2D eigenvalue weighted by Crippen LogP contribution is -2.28. The van der Waals surface area contributed by atoms with Crippen LogP contribution >= 0.6 is 15.9 Å². The fourth-order valence-corrected chi connectivity index (χ4v) is 1.36. The summed E-state index contributed by atoms with van der Waals surface area (Å²) in [6.45, 7) is 3.46. The Balaban J connectivity index is 3.29. The first-order valence-electron chi connectivity index (χ1n) is 3.76. The highest BCUT2D eigenvalue weighted by atomic mass is 79.9. The van der Waals surface area contributed by atoms with Gasteiger partial charge in [-0.3, -0.25) is 0 Å². The van der Waals surface area contributed by atoms with E-state index < -0.39 is 17.2 Å². The van der Waals surface area contributed by atoms with E-state index in [1.54, 1.807) is 13.8 Å². The Morgan fingerprint density at radius 2 is 1.85 bits per heavy atom. The smallest absolute Gasteiger partial charge is 0.172 e. The van der Waals surface area contributed by atoms with Crippen LogP contribution in [0.4, 0.5) is 8.78 Å². The molecule has 0 aliphatic carbocycles. The van der Waals surface area contributed by atoms with E-state index in [-0.39, 0.29) is 4.47 Å². The zero-order valence-corrected chi connectivity index (χ0v) is 8.95. The highest BCUT2D eigenvalue weighted by molar-refractivity contribution is 9.10. The lowest BCUT2D eigenvalue weighted by molar-refractivity contribution is 0.490. The maximum Gasteiger partial charge on any atom is 0.172 e. The van der Waals surface area contributed by atoms with Crippen molar-refractivity contribution >= 4 is 15.9 Å². The van der Waals surface area contributed by atoms with Crippen LogP contribution in [0.15, 0.2) is 16.6 Å². The van der Waals surface area contributed by atoms with Gasteiger partial charge in [-0.05, 0) is 47.5 Å². The molecule has 0 spiro atoms. The second-order valence-electron chi connectivity index (χ2n) is 3.48. The molecule has 72 valence electrons. The fraction of sp³-hybridized carbons (Fsp3) is 0.333. The normalized spacial score (nSPS) is 11.8. The minimum Gasteiger partial charge on any atom is -0.322 e. The Bertz CT molecular complexity index is 308. The fourth-order valence-electron chi connectivity index (χ4n) is 0.928. The van der Waals surface area contributed by atoms with Gasteiger partial charge in [-0.15, -0.1) is 0 Å². The molecular formula is C9H10BrF2N.